The first-order chi connectivity index (χ1) is 20.1. The summed E-state index contributed by atoms with van der Waals surface area (Å²) >= 11 is 0. The Bertz CT molecular complexity index is 1800. The number of rotatable bonds is 11. The second kappa shape index (κ2) is 12.2. The predicted octanol–water partition coefficient (Wildman–Crippen LogP) is 0.0606. The quantitative estimate of drug-likeness (QED) is 0.144. The molecule has 44 heavy (non-hydrogen) atoms. The monoisotopic (exact) mass is 699 g/mol. The van der Waals surface area contributed by atoms with E-state index < -0.39 is 84.5 Å². The third kappa shape index (κ3) is 8.29. The van der Waals surface area contributed by atoms with Gasteiger partial charge in [-0.15, -0.1) is 13.2 Å². The molecule has 3 heterocycles. The van der Waals surface area contributed by atoms with E-state index >= 15 is 0 Å². The number of nitrogens with zero attached hydrogens (tertiary/aromatic N) is 3. The summed E-state index contributed by atoms with van der Waals surface area (Å²) in [5, 5.41) is 24.6. The second-order valence-electron chi connectivity index (χ2n) is 8.70. The van der Waals surface area contributed by atoms with Crippen molar-refractivity contribution in [3.63, 3.8) is 0 Å². The Morgan fingerprint density at radius 1 is 0.977 bits per heavy atom. The maximum absolute atomic E-state index is 13.2. The molecule has 2 aromatic heterocycles. The minimum Gasteiger partial charge on any atom is -0.406 e. The van der Waals surface area contributed by atoms with Crippen LogP contribution in [0.1, 0.15) is 11.9 Å². The van der Waals surface area contributed by atoms with E-state index in [2.05, 4.69) is 23.0 Å². The van der Waals surface area contributed by atoms with Crippen molar-refractivity contribution in [2.24, 2.45) is 0 Å². The van der Waals surface area contributed by atoms with Gasteiger partial charge in [0.15, 0.2) is 11.8 Å². The third-order valence-corrected chi connectivity index (χ3v) is 9.39. The van der Waals surface area contributed by atoms with Crippen molar-refractivity contribution in [3.8, 4) is 5.75 Å². The lowest BCUT2D eigenvalue weighted by Crippen LogP contribution is -2.43. The summed E-state index contributed by atoms with van der Waals surface area (Å²) in [6.45, 7) is -1.76. The fourth-order valence-electron chi connectivity index (χ4n) is 3.87. The summed E-state index contributed by atoms with van der Waals surface area (Å²) < 4.78 is 98.4. The Labute approximate surface area is 239 Å². The summed E-state index contributed by atoms with van der Waals surface area (Å²) in [7, 11) is -17.1. The van der Waals surface area contributed by atoms with E-state index in [1.807, 2.05) is 0 Å². The smallest absolute Gasteiger partial charge is 0.406 e. The molecule has 0 radical (unpaired) electrons. The van der Waals surface area contributed by atoms with Crippen LogP contribution in [0.5, 0.6) is 5.75 Å². The van der Waals surface area contributed by atoms with Crippen LogP contribution in [0.3, 0.4) is 0 Å². The van der Waals surface area contributed by atoms with Gasteiger partial charge in [0.25, 0.3) is 5.56 Å². The average Bonchev–Trinajstić information content (AvgIpc) is 3.37. The number of alkyl halides is 3. The number of halogens is 3. The highest BCUT2D eigenvalue weighted by molar-refractivity contribution is 7.66. The van der Waals surface area contributed by atoms with E-state index in [0.717, 1.165) is 30.5 Å². The van der Waals surface area contributed by atoms with Crippen molar-refractivity contribution in [1.82, 2.24) is 14.3 Å². The minimum atomic E-state index is -5.85. The zero-order chi connectivity index (χ0) is 32.8. The molecule has 3 aromatic rings. The van der Waals surface area contributed by atoms with Gasteiger partial charge in [-0.3, -0.25) is 18.5 Å². The molecule has 1 fully saturated rings. The Hall–Kier alpha value is -2.75. The molecule has 0 saturated carbocycles. The molecule has 0 aliphatic carbocycles. The van der Waals surface area contributed by atoms with Crippen LogP contribution in [0.15, 0.2) is 44.6 Å². The highest BCUT2D eigenvalue weighted by atomic mass is 31.3. The van der Waals surface area contributed by atoms with Crippen LogP contribution >= 0.6 is 23.5 Å². The van der Waals surface area contributed by atoms with E-state index in [1.165, 1.54) is 0 Å². The Kier molecular flexibility index (Phi) is 9.47. The molecule has 4 rings (SSSR count). The Morgan fingerprint density at radius 2 is 1.66 bits per heavy atom. The third-order valence-electron chi connectivity index (χ3n) is 5.58. The summed E-state index contributed by atoms with van der Waals surface area (Å²) in [6.07, 6.45) is -11.5. The van der Waals surface area contributed by atoms with Crippen molar-refractivity contribution in [2.45, 2.75) is 37.4 Å². The maximum Gasteiger partial charge on any atom is 0.573 e. The largest absolute Gasteiger partial charge is 0.573 e. The lowest BCUT2D eigenvalue weighted by molar-refractivity contribution is -0.274. The Morgan fingerprint density at radius 3 is 2.30 bits per heavy atom. The molecule has 1 aromatic carbocycles. The number of hydrogen-bond donors (Lipinski definition) is 6. The van der Waals surface area contributed by atoms with Gasteiger partial charge in [0, 0.05) is 23.7 Å². The lowest BCUT2D eigenvalue weighted by Gasteiger charge is -2.19. The SMILES string of the molecule is O=c1ccn([C@@H]2O[C@H](COP(=O)(O)OP(=O)(O)OP(=O)(O)O)[C@H](O)C2O)c(=O)n1Cc1noc2cc(OC(F)(F)F)ccc12. The number of aliphatic hydroxyl groups is 2. The fraction of sp³-hybridized carbons (Fsp3) is 0.389. The minimum absolute atomic E-state index is 0.0719. The van der Waals surface area contributed by atoms with E-state index in [0.29, 0.717) is 9.13 Å². The molecule has 1 saturated heterocycles. The van der Waals surface area contributed by atoms with E-state index in [4.69, 9.17) is 19.0 Å². The van der Waals surface area contributed by atoms with Crippen LogP contribution in [0, 0.1) is 0 Å². The summed E-state index contributed by atoms with van der Waals surface area (Å²) in [5.74, 6) is -0.625. The molecule has 244 valence electrons. The van der Waals surface area contributed by atoms with Crippen molar-refractivity contribution < 1.29 is 83.8 Å². The highest BCUT2D eigenvalue weighted by Crippen LogP contribution is 2.66. The van der Waals surface area contributed by atoms with Gasteiger partial charge in [0.05, 0.1) is 13.2 Å². The molecule has 26 heteroatoms. The first kappa shape index (κ1) is 34.1. The number of aromatic nitrogens is 3. The molecule has 1 aliphatic heterocycles. The van der Waals surface area contributed by atoms with Crippen molar-refractivity contribution in [2.75, 3.05) is 6.61 Å². The molecule has 20 nitrogen and oxygen atoms in total. The van der Waals surface area contributed by atoms with Crippen LogP contribution in [0.25, 0.3) is 11.0 Å². The molecule has 1 aliphatic rings. The second-order valence-corrected chi connectivity index (χ2v) is 13.1. The fourth-order valence-corrected chi connectivity index (χ4v) is 6.90. The normalized spacial score (nSPS) is 23.8. The average molecular weight is 699 g/mol. The predicted molar refractivity (Wildman–Crippen MR) is 130 cm³/mol. The molecule has 0 bridgehead atoms. The number of phosphoric acid groups is 3. The standard InChI is InChI=1S/C18H19F3N3O17P3/c19-18(20,21)38-8-1-2-9-10(22-39-11(9)5-8)6-24-13(25)3-4-23(17(24)28)16-15(27)14(26)12(37-16)7-36-43(32,33)41-44(34,35)40-42(29,30)31/h1-5,12,14-16,26-27H,6-7H2,(H,32,33)(H,34,35)(H2,29,30,31)/t12-,14+,15?,16-/m1/s1. The van der Waals surface area contributed by atoms with Gasteiger partial charge in [-0.05, 0) is 12.1 Å². The van der Waals surface area contributed by atoms with Gasteiger partial charge < -0.3 is 43.8 Å². The molecule has 6 atom stereocenters. The summed E-state index contributed by atoms with van der Waals surface area (Å²) in [4.78, 5) is 61.6. The van der Waals surface area contributed by atoms with E-state index in [9.17, 15) is 56.5 Å². The zero-order valence-electron chi connectivity index (χ0n) is 21.1. The van der Waals surface area contributed by atoms with E-state index in [1.54, 1.807) is 0 Å². The van der Waals surface area contributed by atoms with Gasteiger partial charge in [-0.1, -0.05) is 5.16 Å². The van der Waals surface area contributed by atoms with Gasteiger partial charge in [-0.25, -0.2) is 18.5 Å². The van der Waals surface area contributed by atoms with Gasteiger partial charge in [0.1, 0.15) is 29.8 Å². The number of aliphatic hydroxyl groups excluding tert-OH is 2. The number of ether oxygens (including phenoxy) is 2. The molecular formula is C18H19F3N3O17P3. The first-order valence-electron chi connectivity index (χ1n) is 11.4. The van der Waals surface area contributed by atoms with Crippen LogP contribution in [0.4, 0.5) is 13.2 Å². The van der Waals surface area contributed by atoms with E-state index in [-0.39, 0.29) is 16.7 Å². The first-order valence-corrected chi connectivity index (χ1v) is 15.9. The summed E-state index contributed by atoms with van der Waals surface area (Å²) in [6, 6.07) is 3.80. The van der Waals surface area contributed by atoms with Crippen molar-refractivity contribution in [3.05, 3.63) is 57.0 Å². The van der Waals surface area contributed by atoms with Gasteiger partial charge in [-0.2, -0.15) is 8.62 Å². The number of phosphoric ester groups is 1. The van der Waals surface area contributed by atoms with Gasteiger partial charge >= 0.3 is 35.5 Å². The maximum atomic E-state index is 13.2. The van der Waals surface area contributed by atoms with Crippen LogP contribution < -0.4 is 16.0 Å². The van der Waals surface area contributed by atoms with Crippen LogP contribution in [0.2, 0.25) is 0 Å². The van der Waals surface area contributed by atoms with Crippen molar-refractivity contribution >= 4 is 34.4 Å². The molecule has 0 amide bonds. The molecular weight excluding hydrogens is 680 g/mol. The number of fused-ring (bicyclic) bond motifs is 1. The zero-order valence-corrected chi connectivity index (χ0v) is 23.8. The van der Waals surface area contributed by atoms with Gasteiger partial charge in [0.2, 0.25) is 0 Å². The van der Waals surface area contributed by atoms with Crippen LogP contribution in [-0.4, -0.2) is 75.4 Å². The number of benzene rings is 1. The van der Waals surface area contributed by atoms with Crippen molar-refractivity contribution in [1.29, 1.82) is 0 Å². The number of hydrogen-bond acceptors (Lipinski definition) is 14. The Balaban J connectivity index is 1.51. The molecule has 0 spiro atoms. The summed E-state index contributed by atoms with van der Waals surface area (Å²) in [5.41, 5.74) is -2.31. The molecule has 6 N–H and O–H groups in total. The van der Waals surface area contributed by atoms with Crippen LogP contribution in [-0.2, 0) is 38.1 Å². The highest BCUT2D eigenvalue weighted by Gasteiger charge is 2.47. The topological polar surface area (TPSA) is 289 Å². The molecule has 3 unspecified atom stereocenters. The lowest BCUT2D eigenvalue weighted by atomic mass is 10.1.